The molecule has 0 radical (unpaired) electrons. The molecule has 0 fully saturated rings. The Bertz CT molecular complexity index is 391. The molecule has 15 heavy (non-hydrogen) atoms. The molecule has 0 unspecified atom stereocenters. The molecule has 0 bridgehead atoms. The first-order chi connectivity index (χ1) is 7.11. The summed E-state index contributed by atoms with van der Waals surface area (Å²) in [5.41, 5.74) is 3.65. The van der Waals surface area contributed by atoms with Gasteiger partial charge in [-0.05, 0) is 37.2 Å². The van der Waals surface area contributed by atoms with Crippen LogP contribution in [0.15, 0.2) is 0 Å². The van der Waals surface area contributed by atoms with Gasteiger partial charge in [0, 0.05) is 11.4 Å². The van der Waals surface area contributed by atoms with Crippen molar-refractivity contribution >= 4 is 5.97 Å². The highest BCUT2D eigenvalue weighted by Gasteiger charge is 2.25. The minimum Gasteiger partial charge on any atom is -0.478 e. The Hall–Kier alpha value is -1.25. The summed E-state index contributed by atoms with van der Waals surface area (Å²) >= 11 is 0. The molecule has 0 saturated heterocycles. The molecule has 0 aromatic carbocycles. The van der Waals surface area contributed by atoms with E-state index in [9.17, 15) is 9.90 Å². The summed E-state index contributed by atoms with van der Waals surface area (Å²) in [4.78, 5) is 14.5. The summed E-state index contributed by atoms with van der Waals surface area (Å²) < 4.78 is 0. The van der Waals surface area contributed by atoms with Gasteiger partial charge in [0.25, 0.3) is 0 Å². The second-order valence-electron chi connectivity index (χ2n) is 4.54. The second-order valence-corrected chi connectivity index (χ2v) is 4.54. The van der Waals surface area contributed by atoms with Gasteiger partial charge in [0.1, 0.15) is 0 Å². The smallest absolute Gasteiger partial charge is 0.337 e. The number of H-pyrrole nitrogens is 1. The Morgan fingerprint density at radius 2 is 2.00 bits per heavy atom. The molecule has 3 nitrogen and oxygen atoms in total. The van der Waals surface area contributed by atoms with Gasteiger partial charge in [-0.1, -0.05) is 13.8 Å². The number of aromatic amines is 1. The normalized spacial score (nSPS) is 15.4. The van der Waals surface area contributed by atoms with Crippen molar-refractivity contribution in [2.75, 3.05) is 0 Å². The highest BCUT2D eigenvalue weighted by molar-refractivity contribution is 5.91. The van der Waals surface area contributed by atoms with Crippen LogP contribution in [0.3, 0.4) is 0 Å². The summed E-state index contributed by atoms with van der Waals surface area (Å²) in [6, 6.07) is 0. The third kappa shape index (κ3) is 1.66. The number of rotatable bonds is 2. The lowest BCUT2D eigenvalue weighted by Crippen LogP contribution is -2.07. The van der Waals surface area contributed by atoms with E-state index in [2.05, 4.69) is 4.98 Å². The molecule has 0 amide bonds. The number of fused-ring (bicyclic) bond motifs is 1. The van der Waals surface area contributed by atoms with Gasteiger partial charge < -0.3 is 10.1 Å². The van der Waals surface area contributed by atoms with E-state index < -0.39 is 5.97 Å². The molecule has 82 valence electrons. The average molecular weight is 207 g/mol. The number of aryl methyl sites for hydroxylation is 1. The molecule has 1 heterocycles. The van der Waals surface area contributed by atoms with Crippen LogP contribution in [0.5, 0.6) is 0 Å². The Balaban J connectivity index is 2.56. The van der Waals surface area contributed by atoms with Gasteiger partial charge >= 0.3 is 5.97 Å². The zero-order valence-electron chi connectivity index (χ0n) is 9.26. The van der Waals surface area contributed by atoms with Crippen LogP contribution in [0.1, 0.15) is 59.9 Å². The fraction of sp³-hybridized carbons (Fsp3) is 0.583. The SMILES string of the molecule is CC(C)c1[nH]c2c(c1C(=O)O)CCCC2. The van der Waals surface area contributed by atoms with Gasteiger partial charge in [-0.2, -0.15) is 0 Å². The Morgan fingerprint density at radius 3 is 2.60 bits per heavy atom. The molecule has 2 N–H and O–H groups in total. The number of hydrogen-bond acceptors (Lipinski definition) is 1. The van der Waals surface area contributed by atoms with Gasteiger partial charge in [-0.3, -0.25) is 0 Å². The van der Waals surface area contributed by atoms with E-state index >= 15 is 0 Å². The zero-order valence-corrected chi connectivity index (χ0v) is 9.26. The topological polar surface area (TPSA) is 53.1 Å². The van der Waals surface area contributed by atoms with Crippen LogP contribution in [-0.4, -0.2) is 16.1 Å². The molecule has 1 aromatic heterocycles. The van der Waals surface area contributed by atoms with Crippen LogP contribution in [0.2, 0.25) is 0 Å². The fourth-order valence-corrected chi connectivity index (χ4v) is 2.38. The molecule has 0 atom stereocenters. The molecule has 0 saturated carbocycles. The zero-order chi connectivity index (χ0) is 11.0. The van der Waals surface area contributed by atoms with Gasteiger partial charge in [-0.25, -0.2) is 4.79 Å². The minimum absolute atomic E-state index is 0.252. The Labute approximate surface area is 89.5 Å². The van der Waals surface area contributed by atoms with E-state index in [0.717, 1.165) is 36.2 Å². The third-order valence-corrected chi connectivity index (χ3v) is 3.12. The first kappa shape index (κ1) is 10.3. The summed E-state index contributed by atoms with van der Waals surface area (Å²) in [5.74, 6) is -0.528. The van der Waals surface area contributed by atoms with E-state index in [0.29, 0.717) is 5.56 Å². The molecule has 0 aliphatic heterocycles. The first-order valence-electron chi connectivity index (χ1n) is 5.58. The Kier molecular flexibility index (Phi) is 2.55. The summed E-state index contributed by atoms with van der Waals surface area (Å²) in [6.07, 6.45) is 4.20. The van der Waals surface area contributed by atoms with Crippen molar-refractivity contribution < 1.29 is 9.90 Å². The van der Waals surface area contributed by atoms with Crippen molar-refractivity contribution in [1.82, 2.24) is 4.98 Å². The van der Waals surface area contributed by atoms with E-state index in [1.165, 1.54) is 6.42 Å². The average Bonchev–Trinajstić information content (AvgIpc) is 2.56. The minimum atomic E-state index is -0.780. The molecule has 1 aliphatic rings. The highest BCUT2D eigenvalue weighted by Crippen LogP contribution is 2.30. The van der Waals surface area contributed by atoms with E-state index in [1.807, 2.05) is 13.8 Å². The standard InChI is InChI=1S/C12H17NO2/c1-7(2)11-10(12(14)15)8-5-3-4-6-9(8)13-11/h7,13H,3-6H2,1-2H3,(H,14,15). The molecular formula is C12H17NO2. The van der Waals surface area contributed by atoms with Gasteiger partial charge in [0.15, 0.2) is 0 Å². The number of aromatic carboxylic acids is 1. The molecule has 1 aliphatic carbocycles. The summed E-state index contributed by atoms with van der Waals surface area (Å²) in [6.45, 7) is 4.06. The van der Waals surface area contributed by atoms with Crippen LogP contribution in [0, 0.1) is 0 Å². The Morgan fingerprint density at radius 1 is 1.33 bits per heavy atom. The number of carboxylic acid groups (broad SMARTS) is 1. The maximum Gasteiger partial charge on any atom is 0.337 e. The third-order valence-electron chi connectivity index (χ3n) is 3.12. The van der Waals surface area contributed by atoms with Crippen LogP contribution >= 0.6 is 0 Å². The number of carbonyl (C=O) groups is 1. The van der Waals surface area contributed by atoms with E-state index in [-0.39, 0.29) is 5.92 Å². The lowest BCUT2D eigenvalue weighted by Gasteiger charge is -2.10. The summed E-state index contributed by atoms with van der Waals surface area (Å²) in [7, 11) is 0. The predicted molar refractivity (Wildman–Crippen MR) is 58.5 cm³/mol. The van der Waals surface area contributed by atoms with Crippen molar-refractivity contribution in [2.45, 2.75) is 45.4 Å². The number of nitrogens with one attached hydrogen (secondary N) is 1. The van der Waals surface area contributed by atoms with Crippen molar-refractivity contribution in [1.29, 1.82) is 0 Å². The van der Waals surface area contributed by atoms with Crippen molar-refractivity contribution in [3.63, 3.8) is 0 Å². The lowest BCUT2D eigenvalue weighted by atomic mass is 9.93. The second kappa shape index (κ2) is 3.72. The number of hydrogen-bond donors (Lipinski definition) is 2. The van der Waals surface area contributed by atoms with Crippen molar-refractivity contribution in [2.24, 2.45) is 0 Å². The van der Waals surface area contributed by atoms with Crippen LogP contribution in [0.25, 0.3) is 0 Å². The number of aromatic nitrogens is 1. The fourth-order valence-electron chi connectivity index (χ4n) is 2.38. The lowest BCUT2D eigenvalue weighted by molar-refractivity contribution is 0.0694. The highest BCUT2D eigenvalue weighted by atomic mass is 16.4. The van der Waals surface area contributed by atoms with Gasteiger partial charge in [-0.15, -0.1) is 0 Å². The largest absolute Gasteiger partial charge is 0.478 e. The maximum absolute atomic E-state index is 11.2. The predicted octanol–water partition coefficient (Wildman–Crippen LogP) is 2.72. The van der Waals surface area contributed by atoms with Crippen LogP contribution in [0.4, 0.5) is 0 Å². The van der Waals surface area contributed by atoms with Crippen LogP contribution in [-0.2, 0) is 12.8 Å². The maximum atomic E-state index is 11.2. The van der Waals surface area contributed by atoms with Crippen LogP contribution < -0.4 is 0 Å². The van der Waals surface area contributed by atoms with E-state index in [4.69, 9.17) is 0 Å². The monoisotopic (exact) mass is 207 g/mol. The van der Waals surface area contributed by atoms with Crippen molar-refractivity contribution in [3.8, 4) is 0 Å². The van der Waals surface area contributed by atoms with Gasteiger partial charge in [0.2, 0.25) is 0 Å². The molecule has 1 aromatic rings. The quantitative estimate of drug-likeness (QED) is 0.783. The molecule has 0 spiro atoms. The molecular weight excluding hydrogens is 190 g/mol. The number of carboxylic acids is 1. The van der Waals surface area contributed by atoms with Gasteiger partial charge in [0.05, 0.1) is 5.56 Å². The van der Waals surface area contributed by atoms with Crippen molar-refractivity contribution in [3.05, 3.63) is 22.5 Å². The van der Waals surface area contributed by atoms with E-state index in [1.54, 1.807) is 0 Å². The summed E-state index contributed by atoms with van der Waals surface area (Å²) in [5, 5.41) is 9.24. The molecule has 3 heteroatoms. The first-order valence-corrected chi connectivity index (χ1v) is 5.58. The molecule has 2 rings (SSSR count).